The van der Waals surface area contributed by atoms with Crippen LogP contribution in [0, 0.1) is 5.92 Å². The zero-order chi connectivity index (χ0) is 14.3. The Labute approximate surface area is 124 Å². The SMILES string of the molecule is COC(=O)C1C2CC[C@@H](C[C@@H]1c1ccc(Cl)cc1)N2C. The standard InChI is InChI=1S/C16H20ClNO2/c1-18-12-7-8-14(18)15(16(19)20-2)13(9-12)10-3-5-11(17)6-4-10/h3-6,12-15H,7-9H2,1-2H3/t12-,13+,14?,15?/m0/s1. The van der Waals surface area contributed by atoms with E-state index in [9.17, 15) is 4.79 Å². The summed E-state index contributed by atoms with van der Waals surface area (Å²) in [6.45, 7) is 0. The Morgan fingerprint density at radius 2 is 2.00 bits per heavy atom. The summed E-state index contributed by atoms with van der Waals surface area (Å²) < 4.78 is 5.07. The maximum atomic E-state index is 12.3. The number of fused-ring (bicyclic) bond motifs is 2. The van der Waals surface area contributed by atoms with Gasteiger partial charge in [0, 0.05) is 23.0 Å². The number of carbonyl (C=O) groups excluding carboxylic acids is 1. The summed E-state index contributed by atoms with van der Waals surface area (Å²) >= 11 is 5.97. The van der Waals surface area contributed by atoms with Crippen molar-refractivity contribution in [1.82, 2.24) is 4.90 Å². The molecule has 0 spiro atoms. The molecule has 0 saturated carbocycles. The van der Waals surface area contributed by atoms with Crippen LogP contribution in [-0.2, 0) is 9.53 Å². The van der Waals surface area contributed by atoms with Gasteiger partial charge < -0.3 is 4.74 Å². The van der Waals surface area contributed by atoms with Gasteiger partial charge in [0.15, 0.2) is 0 Å². The Kier molecular flexibility index (Phi) is 3.74. The lowest BCUT2D eigenvalue weighted by Gasteiger charge is -2.41. The lowest BCUT2D eigenvalue weighted by molar-refractivity contribution is -0.150. The van der Waals surface area contributed by atoms with E-state index >= 15 is 0 Å². The van der Waals surface area contributed by atoms with Crippen molar-refractivity contribution in [3.8, 4) is 0 Å². The fourth-order valence-electron chi connectivity index (χ4n) is 3.98. The van der Waals surface area contributed by atoms with Crippen molar-refractivity contribution in [1.29, 1.82) is 0 Å². The molecule has 20 heavy (non-hydrogen) atoms. The molecule has 1 aromatic carbocycles. The molecule has 1 aromatic rings. The molecule has 0 aromatic heterocycles. The predicted molar refractivity (Wildman–Crippen MR) is 78.9 cm³/mol. The van der Waals surface area contributed by atoms with Crippen molar-refractivity contribution in [3.63, 3.8) is 0 Å². The van der Waals surface area contributed by atoms with Crippen molar-refractivity contribution < 1.29 is 9.53 Å². The third-order valence-corrected chi connectivity index (χ3v) is 5.29. The van der Waals surface area contributed by atoms with E-state index in [1.165, 1.54) is 19.1 Å². The van der Waals surface area contributed by atoms with Gasteiger partial charge in [0.05, 0.1) is 13.0 Å². The Hall–Kier alpha value is -1.06. The highest BCUT2D eigenvalue weighted by Gasteiger charge is 2.49. The van der Waals surface area contributed by atoms with Crippen molar-refractivity contribution in [3.05, 3.63) is 34.9 Å². The topological polar surface area (TPSA) is 29.5 Å². The number of ether oxygens (including phenoxy) is 1. The quantitative estimate of drug-likeness (QED) is 0.785. The molecule has 0 N–H and O–H groups in total. The molecule has 0 radical (unpaired) electrons. The number of halogens is 1. The maximum absolute atomic E-state index is 12.3. The smallest absolute Gasteiger partial charge is 0.310 e. The second-order valence-electron chi connectivity index (χ2n) is 5.91. The Morgan fingerprint density at radius 3 is 2.65 bits per heavy atom. The van der Waals surface area contributed by atoms with Crippen molar-refractivity contribution in [2.45, 2.75) is 37.3 Å². The fraction of sp³-hybridized carbons (Fsp3) is 0.562. The summed E-state index contributed by atoms with van der Waals surface area (Å²) in [6, 6.07) is 8.81. The second-order valence-corrected chi connectivity index (χ2v) is 6.34. The number of benzene rings is 1. The van der Waals surface area contributed by atoms with Crippen LogP contribution in [0.25, 0.3) is 0 Å². The number of methoxy groups -OCH3 is 1. The number of hydrogen-bond donors (Lipinski definition) is 0. The monoisotopic (exact) mass is 293 g/mol. The first-order valence-corrected chi connectivity index (χ1v) is 7.55. The van der Waals surface area contributed by atoms with Gasteiger partial charge in [-0.3, -0.25) is 9.69 Å². The number of nitrogens with zero attached hydrogens (tertiary/aromatic N) is 1. The summed E-state index contributed by atoms with van der Waals surface area (Å²) in [4.78, 5) is 14.6. The third-order valence-electron chi connectivity index (χ3n) is 5.04. The van der Waals surface area contributed by atoms with E-state index in [2.05, 4.69) is 11.9 Å². The third kappa shape index (κ3) is 2.23. The highest BCUT2D eigenvalue weighted by molar-refractivity contribution is 6.30. The first-order valence-electron chi connectivity index (χ1n) is 7.17. The first-order chi connectivity index (χ1) is 9.61. The minimum absolute atomic E-state index is 0.0649. The van der Waals surface area contributed by atoms with Gasteiger partial charge in [-0.05, 0) is 44.0 Å². The summed E-state index contributed by atoms with van der Waals surface area (Å²) in [6.07, 6.45) is 3.29. The molecule has 2 bridgehead atoms. The second kappa shape index (κ2) is 5.38. The maximum Gasteiger partial charge on any atom is 0.310 e. The fourth-order valence-corrected chi connectivity index (χ4v) is 4.10. The largest absolute Gasteiger partial charge is 0.469 e. The molecule has 4 heteroatoms. The van der Waals surface area contributed by atoms with Crippen LogP contribution in [0.15, 0.2) is 24.3 Å². The van der Waals surface area contributed by atoms with Crippen LogP contribution in [0.1, 0.15) is 30.7 Å². The Morgan fingerprint density at radius 1 is 1.30 bits per heavy atom. The van der Waals surface area contributed by atoms with E-state index < -0.39 is 0 Å². The Balaban J connectivity index is 1.95. The van der Waals surface area contributed by atoms with Crippen LogP contribution < -0.4 is 0 Å². The minimum atomic E-state index is -0.0813. The molecule has 3 rings (SSSR count). The summed E-state index contributed by atoms with van der Waals surface area (Å²) in [5.41, 5.74) is 1.20. The molecular formula is C16H20ClNO2. The number of carbonyl (C=O) groups is 1. The lowest BCUT2D eigenvalue weighted by Crippen LogP contribution is -2.49. The van der Waals surface area contributed by atoms with Crippen LogP contribution in [-0.4, -0.2) is 37.1 Å². The van der Waals surface area contributed by atoms with Gasteiger partial charge in [-0.1, -0.05) is 23.7 Å². The van der Waals surface area contributed by atoms with Crippen LogP contribution in [0.3, 0.4) is 0 Å². The van der Waals surface area contributed by atoms with Gasteiger partial charge in [-0.25, -0.2) is 0 Å². The molecule has 2 fully saturated rings. The van der Waals surface area contributed by atoms with E-state index in [1.54, 1.807) is 0 Å². The average Bonchev–Trinajstić information content (AvgIpc) is 2.70. The minimum Gasteiger partial charge on any atom is -0.469 e. The zero-order valence-electron chi connectivity index (χ0n) is 11.9. The molecular weight excluding hydrogens is 274 g/mol. The number of esters is 1. The van der Waals surface area contributed by atoms with Crippen molar-refractivity contribution in [2.75, 3.05) is 14.2 Å². The molecule has 2 aliphatic rings. The van der Waals surface area contributed by atoms with E-state index in [1.807, 2.05) is 24.3 Å². The number of hydrogen-bond acceptors (Lipinski definition) is 3. The van der Waals surface area contributed by atoms with Crippen LogP contribution in [0.4, 0.5) is 0 Å². The van der Waals surface area contributed by atoms with E-state index in [-0.39, 0.29) is 17.8 Å². The first kappa shape index (κ1) is 13.9. The highest BCUT2D eigenvalue weighted by Crippen LogP contribution is 2.46. The summed E-state index contributed by atoms with van der Waals surface area (Å²) in [5, 5.41) is 0.735. The van der Waals surface area contributed by atoms with Crippen LogP contribution in [0.2, 0.25) is 5.02 Å². The van der Waals surface area contributed by atoms with Gasteiger partial charge in [0.2, 0.25) is 0 Å². The molecule has 0 aliphatic carbocycles. The highest BCUT2D eigenvalue weighted by atomic mass is 35.5. The predicted octanol–water partition coefficient (Wildman–Crippen LogP) is 3.08. The molecule has 2 aliphatic heterocycles. The molecule has 2 saturated heterocycles. The number of rotatable bonds is 2. The molecule has 3 nitrogen and oxygen atoms in total. The van der Waals surface area contributed by atoms with Crippen molar-refractivity contribution in [2.24, 2.45) is 5.92 Å². The summed E-state index contributed by atoms with van der Waals surface area (Å²) in [5.74, 6) is 0.0977. The van der Waals surface area contributed by atoms with Gasteiger partial charge >= 0.3 is 5.97 Å². The van der Waals surface area contributed by atoms with E-state index in [0.717, 1.165) is 17.9 Å². The van der Waals surface area contributed by atoms with Gasteiger partial charge in [-0.15, -0.1) is 0 Å². The molecule has 2 heterocycles. The molecule has 0 amide bonds. The van der Waals surface area contributed by atoms with Gasteiger partial charge in [-0.2, -0.15) is 0 Å². The van der Waals surface area contributed by atoms with Gasteiger partial charge in [0.1, 0.15) is 0 Å². The van der Waals surface area contributed by atoms with E-state index in [0.29, 0.717) is 12.1 Å². The van der Waals surface area contributed by atoms with Gasteiger partial charge in [0.25, 0.3) is 0 Å². The number of piperidine rings is 1. The lowest BCUT2D eigenvalue weighted by atomic mass is 9.76. The van der Waals surface area contributed by atoms with Crippen LogP contribution >= 0.6 is 11.6 Å². The average molecular weight is 294 g/mol. The normalized spacial score (nSPS) is 33.1. The molecule has 2 unspecified atom stereocenters. The van der Waals surface area contributed by atoms with E-state index in [4.69, 9.17) is 16.3 Å². The van der Waals surface area contributed by atoms with Crippen LogP contribution in [0.5, 0.6) is 0 Å². The van der Waals surface area contributed by atoms with Crippen molar-refractivity contribution >= 4 is 17.6 Å². The molecule has 108 valence electrons. The molecule has 4 atom stereocenters. The zero-order valence-corrected chi connectivity index (χ0v) is 12.6. The summed E-state index contributed by atoms with van der Waals surface area (Å²) in [7, 11) is 3.62. The Bertz CT molecular complexity index is 502.